The van der Waals surface area contributed by atoms with Crippen molar-refractivity contribution >= 4 is 17.7 Å². The second-order valence-electron chi connectivity index (χ2n) is 6.22. The van der Waals surface area contributed by atoms with Crippen LogP contribution < -0.4 is 0 Å². The Hall–Kier alpha value is -2.60. The molecule has 134 valence electrons. The number of aryl methyl sites for hydroxylation is 2. The molecule has 0 bridgehead atoms. The zero-order valence-electron chi connectivity index (χ0n) is 15.1. The van der Waals surface area contributed by atoms with Crippen LogP contribution in [0.5, 0.6) is 0 Å². The highest BCUT2D eigenvalue weighted by Gasteiger charge is 2.15. The molecule has 0 N–H and O–H groups in total. The van der Waals surface area contributed by atoms with Gasteiger partial charge in [0.1, 0.15) is 0 Å². The Morgan fingerprint density at radius 2 is 1.62 bits per heavy atom. The Kier molecular flexibility index (Phi) is 5.73. The van der Waals surface area contributed by atoms with E-state index in [0.717, 1.165) is 10.5 Å². The van der Waals surface area contributed by atoms with E-state index in [1.807, 2.05) is 62.4 Å². The van der Waals surface area contributed by atoms with Crippen molar-refractivity contribution < 1.29 is 9.21 Å². The number of hydrogen-bond donors (Lipinski definition) is 0. The van der Waals surface area contributed by atoms with Crippen LogP contribution in [0.1, 0.15) is 17.0 Å². The van der Waals surface area contributed by atoms with Gasteiger partial charge in [-0.25, -0.2) is 0 Å². The summed E-state index contributed by atoms with van der Waals surface area (Å²) in [5, 5.41) is 8.12. The van der Waals surface area contributed by atoms with Gasteiger partial charge in [0, 0.05) is 17.5 Å². The summed E-state index contributed by atoms with van der Waals surface area (Å²) in [5.41, 5.74) is 3.25. The Morgan fingerprint density at radius 1 is 1.00 bits per heavy atom. The predicted molar refractivity (Wildman–Crippen MR) is 103 cm³/mol. The summed E-state index contributed by atoms with van der Waals surface area (Å²) < 4.78 is 5.68. The van der Waals surface area contributed by atoms with Crippen molar-refractivity contribution in [3.63, 3.8) is 0 Å². The van der Waals surface area contributed by atoms with Crippen molar-refractivity contribution in [3.8, 4) is 11.5 Å². The van der Waals surface area contributed by atoms with Crippen LogP contribution in [0, 0.1) is 13.8 Å². The van der Waals surface area contributed by atoms with Crippen molar-refractivity contribution in [2.75, 3.05) is 12.8 Å². The van der Waals surface area contributed by atoms with Crippen LogP contribution in [0.25, 0.3) is 11.5 Å². The van der Waals surface area contributed by atoms with Gasteiger partial charge in [-0.1, -0.05) is 35.4 Å². The van der Waals surface area contributed by atoms with Crippen LogP contribution in [-0.4, -0.2) is 33.8 Å². The van der Waals surface area contributed by atoms with Gasteiger partial charge in [-0.3, -0.25) is 4.79 Å². The number of carbonyl (C=O) groups excluding carboxylic acids is 1. The fourth-order valence-electron chi connectivity index (χ4n) is 2.31. The summed E-state index contributed by atoms with van der Waals surface area (Å²) in [6.07, 6.45) is 0. The predicted octanol–water partition coefficient (Wildman–Crippen LogP) is 4.10. The number of nitrogens with zero attached hydrogens (tertiary/aromatic N) is 3. The van der Waals surface area contributed by atoms with Gasteiger partial charge < -0.3 is 9.32 Å². The zero-order valence-corrected chi connectivity index (χ0v) is 15.9. The summed E-state index contributed by atoms with van der Waals surface area (Å²) in [6.45, 7) is 4.37. The minimum absolute atomic E-state index is 0.0191. The van der Waals surface area contributed by atoms with Crippen molar-refractivity contribution in [1.29, 1.82) is 0 Å². The van der Waals surface area contributed by atoms with Gasteiger partial charge >= 0.3 is 0 Å². The van der Waals surface area contributed by atoms with Crippen LogP contribution in [0.3, 0.4) is 0 Å². The molecule has 1 aromatic heterocycles. The number of carbonyl (C=O) groups is 1. The van der Waals surface area contributed by atoms with Crippen LogP contribution in [0.15, 0.2) is 57.8 Å². The highest BCUT2D eigenvalue weighted by molar-refractivity contribution is 8.00. The molecule has 5 nitrogen and oxygen atoms in total. The van der Waals surface area contributed by atoms with E-state index in [9.17, 15) is 4.79 Å². The smallest absolute Gasteiger partial charge is 0.247 e. The molecule has 1 amide bonds. The van der Waals surface area contributed by atoms with Gasteiger partial charge in [0.2, 0.25) is 17.7 Å². The maximum absolute atomic E-state index is 12.3. The van der Waals surface area contributed by atoms with Gasteiger partial charge in [-0.2, -0.15) is 0 Å². The Labute approximate surface area is 157 Å². The summed E-state index contributed by atoms with van der Waals surface area (Å²) in [6, 6.07) is 16.0. The van der Waals surface area contributed by atoms with E-state index in [1.54, 1.807) is 11.9 Å². The molecule has 0 atom stereocenters. The number of benzene rings is 2. The van der Waals surface area contributed by atoms with Gasteiger partial charge in [0.15, 0.2) is 0 Å². The third-order valence-corrected chi connectivity index (χ3v) is 4.94. The van der Waals surface area contributed by atoms with Crippen LogP contribution in [0.2, 0.25) is 0 Å². The first-order valence-corrected chi connectivity index (χ1v) is 9.32. The Bertz CT molecular complexity index is 873. The molecule has 1 heterocycles. The van der Waals surface area contributed by atoms with E-state index in [1.165, 1.54) is 22.9 Å². The van der Waals surface area contributed by atoms with Crippen molar-refractivity contribution in [1.82, 2.24) is 15.1 Å². The number of thioether (sulfide) groups is 1. The van der Waals surface area contributed by atoms with Crippen molar-refractivity contribution in [3.05, 3.63) is 65.5 Å². The van der Waals surface area contributed by atoms with Crippen molar-refractivity contribution in [2.45, 2.75) is 25.3 Å². The lowest BCUT2D eigenvalue weighted by Crippen LogP contribution is -2.27. The monoisotopic (exact) mass is 367 g/mol. The minimum atomic E-state index is 0.0191. The molecule has 3 rings (SSSR count). The Morgan fingerprint density at radius 3 is 2.27 bits per heavy atom. The second kappa shape index (κ2) is 8.19. The molecule has 26 heavy (non-hydrogen) atoms. The number of amides is 1. The normalized spacial score (nSPS) is 10.7. The van der Waals surface area contributed by atoms with E-state index in [2.05, 4.69) is 10.2 Å². The fraction of sp³-hybridized carbons (Fsp3) is 0.250. The summed E-state index contributed by atoms with van der Waals surface area (Å²) >= 11 is 1.52. The molecule has 2 aromatic carbocycles. The number of hydrogen-bond acceptors (Lipinski definition) is 5. The zero-order chi connectivity index (χ0) is 18.5. The van der Waals surface area contributed by atoms with Gasteiger partial charge in [0.25, 0.3) is 0 Å². The standard InChI is InChI=1S/C20H21N3O2S/c1-14-4-8-16(9-5-14)20-22-21-18(25-20)12-23(3)19(24)13-26-17-10-6-15(2)7-11-17/h4-11H,12-13H2,1-3H3. The molecular weight excluding hydrogens is 346 g/mol. The largest absolute Gasteiger partial charge is 0.419 e. The fourth-order valence-corrected chi connectivity index (χ4v) is 3.15. The van der Waals surface area contributed by atoms with Crippen LogP contribution in [-0.2, 0) is 11.3 Å². The molecule has 0 fully saturated rings. The third-order valence-electron chi connectivity index (χ3n) is 3.95. The molecule has 0 spiro atoms. The average molecular weight is 367 g/mol. The highest BCUT2D eigenvalue weighted by Crippen LogP contribution is 2.20. The second-order valence-corrected chi connectivity index (χ2v) is 7.27. The van der Waals surface area contributed by atoms with E-state index in [4.69, 9.17) is 4.42 Å². The summed E-state index contributed by atoms with van der Waals surface area (Å²) in [5.74, 6) is 1.29. The summed E-state index contributed by atoms with van der Waals surface area (Å²) in [7, 11) is 1.74. The first-order chi connectivity index (χ1) is 12.5. The molecule has 3 aromatic rings. The number of rotatable bonds is 6. The first kappa shape index (κ1) is 18.2. The van der Waals surface area contributed by atoms with E-state index in [0.29, 0.717) is 24.1 Å². The number of aromatic nitrogens is 2. The lowest BCUT2D eigenvalue weighted by Gasteiger charge is -2.14. The average Bonchev–Trinajstić information content (AvgIpc) is 3.10. The molecule has 6 heteroatoms. The topological polar surface area (TPSA) is 59.2 Å². The van der Waals surface area contributed by atoms with Crippen LogP contribution in [0.4, 0.5) is 0 Å². The molecule has 0 saturated carbocycles. The molecule has 0 aliphatic heterocycles. The van der Waals surface area contributed by atoms with E-state index >= 15 is 0 Å². The lowest BCUT2D eigenvalue weighted by molar-refractivity contribution is -0.127. The Balaban J connectivity index is 1.55. The third kappa shape index (κ3) is 4.73. The highest BCUT2D eigenvalue weighted by atomic mass is 32.2. The lowest BCUT2D eigenvalue weighted by atomic mass is 10.1. The maximum atomic E-state index is 12.3. The molecular formula is C20H21N3O2S. The first-order valence-electron chi connectivity index (χ1n) is 8.34. The quantitative estimate of drug-likeness (QED) is 0.614. The minimum Gasteiger partial charge on any atom is -0.419 e. The van der Waals surface area contributed by atoms with E-state index in [-0.39, 0.29) is 5.91 Å². The van der Waals surface area contributed by atoms with Gasteiger partial charge in [0.05, 0.1) is 12.3 Å². The van der Waals surface area contributed by atoms with Gasteiger partial charge in [-0.05, 0) is 38.1 Å². The van der Waals surface area contributed by atoms with Crippen molar-refractivity contribution in [2.24, 2.45) is 0 Å². The SMILES string of the molecule is Cc1ccc(SCC(=O)N(C)Cc2nnc(-c3ccc(C)cc3)o2)cc1. The summed E-state index contributed by atoms with van der Waals surface area (Å²) in [4.78, 5) is 15.0. The van der Waals surface area contributed by atoms with Gasteiger partial charge in [-0.15, -0.1) is 22.0 Å². The molecule has 0 aliphatic rings. The molecule has 0 unspecified atom stereocenters. The van der Waals surface area contributed by atoms with E-state index < -0.39 is 0 Å². The molecule has 0 saturated heterocycles. The molecule has 0 radical (unpaired) electrons. The maximum Gasteiger partial charge on any atom is 0.247 e. The molecule has 0 aliphatic carbocycles. The van der Waals surface area contributed by atoms with Crippen LogP contribution >= 0.6 is 11.8 Å².